The Labute approximate surface area is 90.0 Å². The maximum absolute atomic E-state index is 5.97. The van der Waals surface area contributed by atoms with Crippen molar-refractivity contribution in [3.05, 3.63) is 34.3 Å². The van der Waals surface area contributed by atoms with Gasteiger partial charge in [0.2, 0.25) is 0 Å². The number of rotatable bonds is 4. The lowest BCUT2D eigenvalue weighted by atomic mass is 10.0. The largest absolute Gasteiger partial charge is 0.380 e. The molecule has 0 aromatic heterocycles. The predicted octanol–water partition coefficient (Wildman–Crippen LogP) is 2.68. The number of ether oxygens (including phenoxy) is 1. The molecule has 14 heavy (non-hydrogen) atoms. The van der Waals surface area contributed by atoms with Gasteiger partial charge in [0.25, 0.3) is 0 Å². The van der Waals surface area contributed by atoms with Crippen LogP contribution in [0.3, 0.4) is 0 Å². The van der Waals surface area contributed by atoms with Crippen molar-refractivity contribution < 1.29 is 4.74 Å². The summed E-state index contributed by atoms with van der Waals surface area (Å²) in [4.78, 5) is 0. The van der Waals surface area contributed by atoms with Crippen LogP contribution in [0.5, 0.6) is 0 Å². The zero-order chi connectivity index (χ0) is 10.6. The second-order valence-corrected chi connectivity index (χ2v) is 3.70. The second-order valence-electron chi connectivity index (χ2n) is 3.27. The van der Waals surface area contributed by atoms with Crippen LogP contribution in [-0.4, -0.2) is 13.2 Å². The Kier molecular flexibility index (Phi) is 4.39. The molecule has 78 valence electrons. The molecular formula is C11H16ClNO. The van der Waals surface area contributed by atoms with Crippen LogP contribution >= 0.6 is 11.6 Å². The highest BCUT2D eigenvalue weighted by atomic mass is 35.5. The van der Waals surface area contributed by atoms with E-state index in [9.17, 15) is 0 Å². The summed E-state index contributed by atoms with van der Waals surface area (Å²) in [5.41, 5.74) is 8.18. The molecular weight excluding hydrogens is 198 g/mol. The summed E-state index contributed by atoms with van der Waals surface area (Å²) in [6.45, 7) is 5.21. The van der Waals surface area contributed by atoms with Gasteiger partial charge in [-0.2, -0.15) is 0 Å². The van der Waals surface area contributed by atoms with Gasteiger partial charge < -0.3 is 10.5 Å². The number of aryl methyl sites for hydroxylation is 1. The topological polar surface area (TPSA) is 35.2 Å². The second kappa shape index (κ2) is 5.35. The summed E-state index contributed by atoms with van der Waals surface area (Å²) in [5.74, 6) is 0. The molecule has 1 aromatic rings. The number of benzene rings is 1. The molecule has 0 heterocycles. The minimum atomic E-state index is -0.0892. The quantitative estimate of drug-likeness (QED) is 0.835. The van der Waals surface area contributed by atoms with E-state index in [0.29, 0.717) is 13.2 Å². The third-order valence-corrected chi connectivity index (χ3v) is 2.38. The van der Waals surface area contributed by atoms with Gasteiger partial charge in [-0.05, 0) is 37.1 Å². The Morgan fingerprint density at radius 3 is 2.86 bits per heavy atom. The summed E-state index contributed by atoms with van der Waals surface area (Å²) in [5, 5.41) is 0.720. The SMILES string of the molecule is CCOCC(N)c1cc(Cl)ccc1C. The van der Waals surface area contributed by atoms with E-state index in [0.717, 1.165) is 16.1 Å². The smallest absolute Gasteiger partial charge is 0.0659 e. The molecule has 3 heteroatoms. The molecule has 1 rings (SSSR count). The Morgan fingerprint density at radius 1 is 1.50 bits per heavy atom. The van der Waals surface area contributed by atoms with Crippen molar-refractivity contribution in [1.29, 1.82) is 0 Å². The highest BCUT2D eigenvalue weighted by Gasteiger charge is 2.09. The molecule has 0 radical (unpaired) electrons. The Bertz CT molecular complexity index is 301. The summed E-state index contributed by atoms with van der Waals surface area (Å²) in [7, 11) is 0. The van der Waals surface area contributed by atoms with Crippen molar-refractivity contribution in [3.8, 4) is 0 Å². The van der Waals surface area contributed by atoms with Gasteiger partial charge in [0.1, 0.15) is 0 Å². The minimum absolute atomic E-state index is 0.0892. The van der Waals surface area contributed by atoms with E-state index < -0.39 is 0 Å². The maximum atomic E-state index is 5.97. The predicted molar refractivity (Wildman–Crippen MR) is 59.6 cm³/mol. The molecule has 0 saturated carbocycles. The Morgan fingerprint density at radius 2 is 2.21 bits per heavy atom. The van der Waals surface area contributed by atoms with Crippen LogP contribution in [-0.2, 0) is 4.74 Å². The molecule has 0 fully saturated rings. The van der Waals surface area contributed by atoms with E-state index in [2.05, 4.69) is 0 Å². The van der Waals surface area contributed by atoms with Gasteiger partial charge in [0, 0.05) is 11.6 Å². The number of nitrogens with two attached hydrogens (primary N) is 1. The summed E-state index contributed by atoms with van der Waals surface area (Å²) >= 11 is 5.90. The molecule has 0 aliphatic rings. The molecule has 0 spiro atoms. The van der Waals surface area contributed by atoms with Crippen molar-refractivity contribution in [2.75, 3.05) is 13.2 Å². The first-order chi connectivity index (χ1) is 6.65. The average Bonchev–Trinajstić information content (AvgIpc) is 2.18. The van der Waals surface area contributed by atoms with Crippen molar-refractivity contribution >= 4 is 11.6 Å². The van der Waals surface area contributed by atoms with E-state index in [-0.39, 0.29) is 6.04 Å². The van der Waals surface area contributed by atoms with Gasteiger partial charge in [-0.25, -0.2) is 0 Å². The minimum Gasteiger partial charge on any atom is -0.380 e. The summed E-state index contributed by atoms with van der Waals surface area (Å²) in [6.07, 6.45) is 0. The first-order valence-corrected chi connectivity index (χ1v) is 5.12. The van der Waals surface area contributed by atoms with Gasteiger partial charge in [0.05, 0.1) is 12.6 Å². The molecule has 0 aliphatic heterocycles. The van der Waals surface area contributed by atoms with Gasteiger partial charge >= 0.3 is 0 Å². The third kappa shape index (κ3) is 2.98. The lowest BCUT2D eigenvalue weighted by molar-refractivity contribution is 0.133. The van der Waals surface area contributed by atoms with Crippen LogP contribution < -0.4 is 5.73 Å². The fraction of sp³-hybridized carbons (Fsp3) is 0.455. The van der Waals surface area contributed by atoms with Crippen LogP contribution in [0.2, 0.25) is 5.02 Å². The van der Waals surface area contributed by atoms with E-state index >= 15 is 0 Å². The lowest BCUT2D eigenvalue weighted by Crippen LogP contribution is -2.18. The lowest BCUT2D eigenvalue weighted by Gasteiger charge is -2.14. The normalized spacial score (nSPS) is 12.9. The van der Waals surface area contributed by atoms with E-state index in [1.165, 1.54) is 0 Å². The first kappa shape index (κ1) is 11.5. The summed E-state index contributed by atoms with van der Waals surface area (Å²) < 4.78 is 5.28. The Balaban J connectivity index is 2.77. The number of hydrogen-bond acceptors (Lipinski definition) is 2. The molecule has 2 N–H and O–H groups in total. The first-order valence-electron chi connectivity index (χ1n) is 4.74. The highest BCUT2D eigenvalue weighted by molar-refractivity contribution is 6.30. The van der Waals surface area contributed by atoms with Crippen molar-refractivity contribution in [3.63, 3.8) is 0 Å². The molecule has 2 nitrogen and oxygen atoms in total. The Hall–Kier alpha value is -0.570. The molecule has 1 atom stereocenters. The van der Waals surface area contributed by atoms with Crippen LogP contribution in [0.4, 0.5) is 0 Å². The number of hydrogen-bond donors (Lipinski definition) is 1. The van der Waals surface area contributed by atoms with Crippen LogP contribution in [0.1, 0.15) is 24.1 Å². The van der Waals surface area contributed by atoms with E-state index in [1.807, 2.05) is 32.0 Å². The van der Waals surface area contributed by atoms with Crippen molar-refractivity contribution in [2.24, 2.45) is 5.73 Å². The molecule has 1 aromatic carbocycles. The third-order valence-electron chi connectivity index (χ3n) is 2.14. The van der Waals surface area contributed by atoms with Gasteiger partial charge in [0.15, 0.2) is 0 Å². The molecule has 0 bridgehead atoms. The average molecular weight is 214 g/mol. The van der Waals surface area contributed by atoms with Gasteiger partial charge in [-0.1, -0.05) is 17.7 Å². The standard InChI is InChI=1S/C11H16ClNO/c1-3-14-7-11(13)10-6-9(12)5-4-8(10)2/h4-6,11H,3,7,13H2,1-2H3. The van der Waals surface area contributed by atoms with Crippen LogP contribution in [0.15, 0.2) is 18.2 Å². The maximum Gasteiger partial charge on any atom is 0.0659 e. The van der Waals surface area contributed by atoms with Crippen LogP contribution in [0.25, 0.3) is 0 Å². The zero-order valence-electron chi connectivity index (χ0n) is 8.59. The number of halogens is 1. The van der Waals surface area contributed by atoms with Crippen LogP contribution in [0, 0.1) is 6.92 Å². The van der Waals surface area contributed by atoms with Gasteiger partial charge in [-0.15, -0.1) is 0 Å². The molecule has 0 saturated heterocycles. The highest BCUT2D eigenvalue weighted by Crippen LogP contribution is 2.20. The fourth-order valence-electron chi connectivity index (χ4n) is 1.35. The fourth-order valence-corrected chi connectivity index (χ4v) is 1.53. The van der Waals surface area contributed by atoms with E-state index in [1.54, 1.807) is 0 Å². The van der Waals surface area contributed by atoms with Crippen molar-refractivity contribution in [2.45, 2.75) is 19.9 Å². The van der Waals surface area contributed by atoms with Gasteiger partial charge in [-0.3, -0.25) is 0 Å². The molecule has 1 unspecified atom stereocenters. The van der Waals surface area contributed by atoms with Crippen molar-refractivity contribution in [1.82, 2.24) is 0 Å². The molecule has 0 amide bonds. The molecule has 0 aliphatic carbocycles. The zero-order valence-corrected chi connectivity index (χ0v) is 9.34. The summed E-state index contributed by atoms with van der Waals surface area (Å²) in [6, 6.07) is 5.66. The monoisotopic (exact) mass is 213 g/mol. The van der Waals surface area contributed by atoms with E-state index in [4.69, 9.17) is 22.1 Å².